The molecule has 0 radical (unpaired) electrons. The first kappa shape index (κ1) is 12.0. The van der Waals surface area contributed by atoms with Gasteiger partial charge in [0.05, 0.1) is 0 Å². The van der Waals surface area contributed by atoms with Gasteiger partial charge in [0.15, 0.2) is 0 Å². The summed E-state index contributed by atoms with van der Waals surface area (Å²) in [7, 11) is -10.1. The zero-order valence-electron chi connectivity index (χ0n) is 5.66. The van der Waals surface area contributed by atoms with Gasteiger partial charge in [0, 0.05) is 0 Å². The van der Waals surface area contributed by atoms with Gasteiger partial charge in [0.1, 0.15) is 0 Å². The number of carboxylic acid groups (broad SMARTS) is 1. The summed E-state index contributed by atoms with van der Waals surface area (Å²) in [5.41, 5.74) is 1.09. The molecule has 0 aromatic rings. The van der Waals surface area contributed by atoms with Crippen LogP contribution in [0.4, 0.5) is 4.79 Å². The van der Waals surface area contributed by atoms with Crippen LogP contribution in [-0.2, 0) is 24.3 Å². The summed E-state index contributed by atoms with van der Waals surface area (Å²) in [6, 6.07) is 0. The summed E-state index contributed by atoms with van der Waals surface area (Å²) < 4.78 is 51.3. The Bertz CT molecular complexity index is 376. The molecule has 0 saturated carbocycles. The van der Waals surface area contributed by atoms with E-state index in [-0.39, 0.29) is 0 Å². The molecule has 0 aromatic heterocycles. The maximum atomic E-state index is 10.4. The Labute approximate surface area is 72.7 Å². The van der Waals surface area contributed by atoms with Crippen LogP contribution in [0.2, 0.25) is 0 Å². The molecule has 0 heterocycles. The molecule has 0 aliphatic rings. The minimum absolute atomic E-state index is 0.976. The van der Waals surface area contributed by atoms with Crippen molar-refractivity contribution in [2.75, 3.05) is 0 Å². The average molecular weight is 236 g/mol. The van der Waals surface area contributed by atoms with E-state index in [9.17, 15) is 21.6 Å². The van der Waals surface area contributed by atoms with E-state index < -0.39 is 26.8 Å². The number of carbonyl (C=O) groups is 1. The normalized spacial score (nSPS) is 12.4. The van der Waals surface area contributed by atoms with Gasteiger partial charge in [0.2, 0.25) is 0 Å². The van der Waals surface area contributed by atoms with Crippen molar-refractivity contribution >= 4 is 26.8 Å². The topological polar surface area (TPSA) is 159 Å². The van der Waals surface area contributed by atoms with Gasteiger partial charge in [-0.15, -0.1) is 3.63 Å². The van der Waals surface area contributed by atoms with E-state index in [4.69, 9.17) is 9.66 Å². The van der Waals surface area contributed by atoms with E-state index in [1.807, 2.05) is 0 Å². The Kier molecular flexibility index (Phi) is 3.56. The van der Waals surface area contributed by atoms with Gasteiger partial charge in [0.25, 0.3) is 0 Å². The fourth-order valence-corrected chi connectivity index (χ4v) is 1.49. The van der Waals surface area contributed by atoms with Crippen LogP contribution in [-0.4, -0.2) is 32.6 Å². The Morgan fingerprint density at radius 1 is 1.23 bits per heavy atom. The van der Waals surface area contributed by atoms with Gasteiger partial charge < -0.3 is 5.11 Å². The van der Waals surface area contributed by atoms with E-state index in [1.165, 1.54) is 0 Å². The summed E-state index contributed by atoms with van der Waals surface area (Å²) in [6.07, 6.45) is -1.79. The first-order valence-electron chi connectivity index (χ1n) is 2.31. The van der Waals surface area contributed by atoms with Crippen LogP contribution in [0.25, 0.3) is 0 Å². The minimum Gasteiger partial charge on any atom is -0.464 e. The van der Waals surface area contributed by atoms with Gasteiger partial charge >= 0.3 is 26.8 Å². The van der Waals surface area contributed by atoms with Crippen LogP contribution in [0.15, 0.2) is 0 Å². The zero-order chi connectivity index (χ0) is 10.7. The zero-order valence-corrected chi connectivity index (χ0v) is 7.29. The average Bonchev–Trinajstić information content (AvgIpc) is 1.78. The van der Waals surface area contributed by atoms with Crippen molar-refractivity contribution in [3.05, 3.63) is 0 Å². The van der Waals surface area contributed by atoms with Crippen LogP contribution in [0.1, 0.15) is 0 Å². The van der Waals surface area contributed by atoms with Crippen LogP contribution in [0, 0.1) is 0 Å². The molecule has 0 aliphatic carbocycles. The molecule has 0 aliphatic heterocycles. The number of amides is 1. The van der Waals surface area contributed by atoms with Gasteiger partial charge in [-0.2, -0.15) is 16.8 Å². The highest BCUT2D eigenvalue weighted by molar-refractivity contribution is 7.96. The molecule has 13 heavy (non-hydrogen) atoms. The van der Waals surface area contributed by atoms with E-state index in [0.29, 0.717) is 0 Å². The highest BCUT2D eigenvalue weighted by Crippen LogP contribution is 1.92. The minimum atomic E-state index is -5.21. The third kappa shape index (κ3) is 7.41. The Balaban J connectivity index is 4.36. The largest absolute Gasteiger partial charge is 0.464 e. The molecular weight excluding hydrogens is 232 g/mol. The lowest BCUT2D eigenvalue weighted by Crippen LogP contribution is -2.42. The van der Waals surface area contributed by atoms with Gasteiger partial charge in [-0.25, -0.2) is 10.2 Å². The Morgan fingerprint density at radius 3 is 2.00 bits per heavy atom. The second-order valence-electron chi connectivity index (χ2n) is 1.48. The maximum Gasteiger partial charge on any atom is 0.420 e. The second kappa shape index (κ2) is 3.84. The molecule has 78 valence electrons. The number of hydrogen-bond acceptors (Lipinski definition) is 6. The van der Waals surface area contributed by atoms with Crippen molar-refractivity contribution in [3.63, 3.8) is 0 Å². The number of hydrogen-bond donors (Lipinski definition) is 4. The SMILES string of the molecule is O=C(O)NNS(=O)(=O)OS(=O)(=O)O. The molecule has 0 unspecified atom stereocenters. The Morgan fingerprint density at radius 2 is 1.69 bits per heavy atom. The monoisotopic (exact) mass is 236 g/mol. The molecule has 0 spiro atoms. The maximum absolute atomic E-state index is 10.4. The van der Waals surface area contributed by atoms with Crippen molar-refractivity contribution in [1.29, 1.82) is 0 Å². The number of hydrazine groups is 1. The lowest BCUT2D eigenvalue weighted by Gasteiger charge is -2.02. The predicted octanol–water partition coefficient (Wildman–Crippen LogP) is -2.18. The van der Waals surface area contributed by atoms with Gasteiger partial charge in [-0.1, -0.05) is 4.83 Å². The fourth-order valence-electron chi connectivity index (χ4n) is 0.236. The standard InChI is InChI=1S/CH4N2O8S2/c4-1(5)2-3-12(6,7)11-13(8,9)10/h2-3H,(H,4,5)(H,8,9,10). The number of rotatable bonds is 4. The van der Waals surface area contributed by atoms with Crippen molar-refractivity contribution in [3.8, 4) is 0 Å². The Hall–Kier alpha value is -0.950. The van der Waals surface area contributed by atoms with Crippen molar-refractivity contribution < 1.29 is 34.9 Å². The third-order valence-electron chi connectivity index (χ3n) is 0.459. The molecule has 0 rings (SSSR count). The molecule has 10 nitrogen and oxygen atoms in total. The van der Waals surface area contributed by atoms with E-state index >= 15 is 0 Å². The van der Waals surface area contributed by atoms with Crippen molar-refractivity contribution in [1.82, 2.24) is 10.3 Å². The van der Waals surface area contributed by atoms with E-state index in [2.05, 4.69) is 3.63 Å². The molecule has 0 bridgehead atoms. The van der Waals surface area contributed by atoms with Gasteiger partial charge in [-0.3, -0.25) is 4.55 Å². The summed E-state index contributed by atoms with van der Waals surface area (Å²) in [5.74, 6) is 0. The molecule has 0 fully saturated rings. The van der Waals surface area contributed by atoms with Crippen molar-refractivity contribution in [2.45, 2.75) is 0 Å². The van der Waals surface area contributed by atoms with Crippen molar-refractivity contribution in [2.24, 2.45) is 0 Å². The molecule has 1 amide bonds. The summed E-state index contributed by atoms with van der Waals surface area (Å²) in [4.78, 5) is 10.7. The quantitative estimate of drug-likeness (QED) is 0.316. The first-order valence-corrected chi connectivity index (χ1v) is 5.09. The molecule has 0 saturated heterocycles. The van der Waals surface area contributed by atoms with Crippen LogP contribution in [0.5, 0.6) is 0 Å². The molecular formula is CH4N2O8S2. The van der Waals surface area contributed by atoms with Crippen LogP contribution in [0.3, 0.4) is 0 Å². The second-order valence-corrected chi connectivity index (χ2v) is 3.99. The highest BCUT2D eigenvalue weighted by Gasteiger charge is 2.20. The van der Waals surface area contributed by atoms with Gasteiger partial charge in [-0.05, 0) is 0 Å². The van der Waals surface area contributed by atoms with E-state index in [0.717, 1.165) is 10.3 Å². The third-order valence-corrected chi connectivity index (χ3v) is 2.22. The van der Waals surface area contributed by atoms with E-state index in [1.54, 1.807) is 0 Å². The smallest absolute Gasteiger partial charge is 0.420 e. The summed E-state index contributed by atoms with van der Waals surface area (Å²) in [6.45, 7) is 0. The lowest BCUT2D eigenvalue weighted by molar-refractivity contribution is 0.192. The fraction of sp³-hybridized carbons (Fsp3) is 0. The van der Waals surface area contributed by atoms with Crippen LogP contribution >= 0.6 is 0 Å². The van der Waals surface area contributed by atoms with Crippen LogP contribution < -0.4 is 10.3 Å². The summed E-state index contributed by atoms with van der Waals surface area (Å²) >= 11 is 0. The molecule has 12 heteroatoms. The molecule has 0 aromatic carbocycles. The number of nitrogens with one attached hydrogen (secondary N) is 2. The summed E-state index contributed by atoms with van der Waals surface area (Å²) in [5, 5.41) is 7.87. The lowest BCUT2D eigenvalue weighted by atomic mass is 11.3. The predicted molar refractivity (Wildman–Crippen MR) is 35.8 cm³/mol. The first-order chi connectivity index (χ1) is 5.62. The highest BCUT2D eigenvalue weighted by atomic mass is 32.3. The molecule has 0 atom stereocenters. The molecule has 4 N–H and O–H groups in total.